The summed E-state index contributed by atoms with van der Waals surface area (Å²) in [6, 6.07) is 3.68. The van der Waals surface area contributed by atoms with Crippen LogP contribution in [-0.2, 0) is 9.47 Å². The molecule has 0 amide bonds. The fourth-order valence-corrected chi connectivity index (χ4v) is 1.65. The standard InChI is InChI=1S/C13H19NO4.ClH/c1-10-8-12-13(9-11(10)14)18-7-5-16-3-2-15-4-6-17-12;/h8-9H,2-7,14H2,1H3;1H. The molecule has 0 unspecified atom stereocenters. The van der Waals surface area contributed by atoms with Gasteiger partial charge in [0.15, 0.2) is 11.5 Å². The number of benzene rings is 1. The summed E-state index contributed by atoms with van der Waals surface area (Å²) >= 11 is 0. The van der Waals surface area contributed by atoms with Crippen LogP contribution < -0.4 is 15.2 Å². The molecular weight excluding hydrogens is 270 g/mol. The van der Waals surface area contributed by atoms with E-state index >= 15 is 0 Å². The molecule has 0 aromatic heterocycles. The number of nitrogen functional groups attached to an aromatic ring is 1. The lowest BCUT2D eigenvalue weighted by atomic mass is 10.2. The zero-order valence-corrected chi connectivity index (χ0v) is 11.8. The summed E-state index contributed by atoms with van der Waals surface area (Å²) in [5.74, 6) is 1.35. The molecular formula is C13H20ClNO4. The van der Waals surface area contributed by atoms with Gasteiger partial charge in [0.2, 0.25) is 0 Å². The number of aryl methyl sites for hydroxylation is 1. The Morgan fingerprint density at radius 3 is 1.89 bits per heavy atom. The van der Waals surface area contributed by atoms with Gasteiger partial charge in [-0.15, -0.1) is 12.4 Å². The zero-order chi connectivity index (χ0) is 12.8. The van der Waals surface area contributed by atoms with Crippen molar-refractivity contribution in [2.75, 3.05) is 45.4 Å². The number of halogens is 1. The molecule has 1 aromatic carbocycles. The molecule has 1 aliphatic rings. The Balaban J connectivity index is 0.00000180. The second-order valence-corrected chi connectivity index (χ2v) is 4.08. The smallest absolute Gasteiger partial charge is 0.163 e. The van der Waals surface area contributed by atoms with Gasteiger partial charge in [0, 0.05) is 11.8 Å². The molecule has 5 nitrogen and oxygen atoms in total. The molecule has 1 heterocycles. The number of anilines is 1. The van der Waals surface area contributed by atoms with E-state index in [1.807, 2.05) is 13.0 Å². The van der Waals surface area contributed by atoms with Crippen LogP contribution in [0.4, 0.5) is 5.69 Å². The van der Waals surface area contributed by atoms with Gasteiger partial charge in [0.05, 0.1) is 26.4 Å². The first-order valence-electron chi connectivity index (χ1n) is 6.08. The van der Waals surface area contributed by atoms with Gasteiger partial charge in [-0.1, -0.05) is 0 Å². The summed E-state index contributed by atoms with van der Waals surface area (Å²) in [6.45, 7) is 5.11. The fourth-order valence-electron chi connectivity index (χ4n) is 1.65. The van der Waals surface area contributed by atoms with Crippen LogP contribution in [0.15, 0.2) is 12.1 Å². The molecule has 0 saturated heterocycles. The highest BCUT2D eigenvalue weighted by atomic mass is 35.5. The maximum Gasteiger partial charge on any atom is 0.163 e. The first-order chi connectivity index (χ1) is 8.77. The van der Waals surface area contributed by atoms with Gasteiger partial charge in [-0.05, 0) is 18.6 Å². The Labute approximate surface area is 119 Å². The number of rotatable bonds is 0. The summed E-state index contributed by atoms with van der Waals surface area (Å²) in [4.78, 5) is 0. The SMILES string of the molecule is Cc1cc2c(cc1N)OCCOCCOCCO2.Cl. The third-order valence-electron chi connectivity index (χ3n) is 2.67. The minimum Gasteiger partial charge on any atom is -0.487 e. The van der Waals surface area contributed by atoms with E-state index in [-0.39, 0.29) is 12.4 Å². The summed E-state index contributed by atoms with van der Waals surface area (Å²) in [7, 11) is 0. The van der Waals surface area contributed by atoms with E-state index < -0.39 is 0 Å². The van der Waals surface area contributed by atoms with Crippen LogP contribution in [0, 0.1) is 6.92 Å². The van der Waals surface area contributed by atoms with Crippen molar-refractivity contribution in [2.45, 2.75) is 6.92 Å². The van der Waals surface area contributed by atoms with Gasteiger partial charge in [0.25, 0.3) is 0 Å². The van der Waals surface area contributed by atoms with E-state index in [4.69, 9.17) is 24.7 Å². The van der Waals surface area contributed by atoms with Gasteiger partial charge in [0.1, 0.15) is 13.2 Å². The Hall–Kier alpha value is -1.17. The normalized spacial score (nSPS) is 16.7. The first-order valence-corrected chi connectivity index (χ1v) is 6.08. The van der Waals surface area contributed by atoms with Crippen LogP contribution in [0.1, 0.15) is 5.56 Å². The maximum atomic E-state index is 5.87. The molecule has 0 saturated carbocycles. The van der Waals surface area contributed by atoms with Crippen LogP contribution >= 0.6 is 12.4 Å². The molecule has 0 fully saturated rings. The monoisotopic (exact) mass is 289 g/mol. The Bertz CT molecular complexity index is 363. The first kappa shape index (κ1) is 15.9. The zero-order valence-electron chi connectivity index (χ0n) is 11.0. The Morgan fingerprint density at radius 1 is 0.842 bits per heavy atom. The molecule has 0 radical (unpaired) electrons. The van der Waals surface area contributed by atoms with Gasteiger partial charge in [-0.3, -0.25) is 0 Å². The van der Waals surface area contributed by atoms with E-state index in [0.717, 1.165) is 5.56 Å². The van der Waals surface area contributed by atoms with Crippen LogP contribution in [0.5, 0.6) is 11.5 Å². The number of hydrogen-bond donors (Lipinski definition) is 1. The lowest BCUT2D eigenvalue weighted by Crippen LogP contribution is -2.16. The van der Waals surface area contributed by atoms with Gasteiger partial charge in [-0.25, -0.2) is 0 Å². The van der Waals surface area contributed by atoms with E-state index in [1.54, 1.807) is 6.07 Å². The maximum absolute atomic E-state index is 5.87. The summed E-state index contributed by atoms with van der Waals surface area (Å²) in [5.41, 5.74) is 7.54. The molecule has 19 heavy (non-hydrogen) atoms. The highest BCUT2D eigenvalue weighted by Gasteiger charge is 2.09. The summed E-state index contributed by atoms with van der Waals surface area (Å²) in [6.07, 6.45) is 0. The quantitative estimate of drug-likeness (QED) is 0.738. The molecule has 2 N–H and O–H groups in total. The fraction of sp³-hybridized carbons (Fsp3) is 0.538. The molecule has 0 atom stereocenters. The van der Waals surface area contributed by atoms with Crippen molar-refractivity contribution < 1.29 is 18.9 Å². The Kier molecular flexibility index (Phi) is 6.77. The average Bonchev–Trinajstić information content (AvgIpc) is 2.34. The van der Waals surface area contributed by atoms with Crippen molar-refractivity contribution in [1.82, 2.24) is 0 Å². The van der Waals surface area contributed by atoms with E-state index in [0.29, 0.717) is 56.8 Å². The molecule has 1 aliphatic heterocycles. The number of nitrogens with two attached hydrogens (primary N) is 1. The summed E-state index contributed by atoms with van der Waals surface area (Å²) < 4.78 is 22.0. The molecule has 108 valence electrons. The highest BCUT2D eigenvalue weighted by molar-refractivity contribution is 5.85. The van der Waals surface area contributed by atoms with Crippen molar-refractivity contribution >= 4 is 18.1 Å². The summed E-state index contributed by atoms with van der Waals surface area (Å²) in [5, 5.41) is 0. The van der Waals surface area contributed by atoms with Crippen LogP contribution in [-0.4, -0.2) is 39.6 Å². The molecule has 6 heteroatoms. The Morgan fingerprint density at radius 2 is 1.32 bits per heavy atom. The number of hydrogen-bond acceptors (Lipinski definition) is 5. The van der Waals surface area contributed by atoms with E-state index in [9.17, 15) is 0 Å². The van der Waals surface area contributed by atoms with Crippen molar-refractivity contribution in [3.63, 3.8) is 0 Å². The number of fused-ring (bicyclic) bond motifs is 1. The molecule has 0 bridgehead atoms. The van der Waals surface area contributed by atoms with Crippen molar-refractivity contribution in [1.29, 1.82) is 0 Å². The average molecular weight is 290 g/mol. The van der Waals surface area contributed by atoms with E-state index in [1.165, 1.54) is 0 Å². The predicted molar refractivity (Wildman–Crippen MR) is 75.5 cm³/mol. The molecule has 2 rings (SSSR count). The second-order valence-electron chi connectivity index (χ2n) is 4.08. The second kappa shape index (κ2) is 8.09. The molecule has 0 aliphatic carbocycles. The van der Waals surface area contributed by atoms with Gasteiger partial charge in [-0.2, -0.15) is 0 Å². The van der Waals surface area contributed by atoms with Gasteiger partial charge >= 0.3 is 0 Å². The molecule has 1 aromatic rings. The number of ether oxygens (including phenoxy) is 4. The largest absolute Gasteiger partial charge is 0.487 e. The molecule has 0 spiro atoms. The van der Waals surface area contributed by atoms with Crippen LogP contribution in [0.3, 0.4) is 0 Å². The minimum atomic E-state index is 0. The third kappa shape index (κ3) is 4.78. The third-order valence-corrected chi connectivity index (χ3v) is 2.67. The van der Waals surface area contributed by atoms with Crippen LogP contribution in [0.25, 0.3) is 0 Å². The predicted octanol–water partition coefficient (Wildman–Crippen LogP) is 1.80. The van der Waals surface area contributed by atoms with Crippen molar-refractivity contribution in [3.05, 3.63) is 17.7 Å². The minimum absolute atomic E-state index is 0. The van der Waals surface area contributed by atoms with Crippen molar-refractivity contribution in [3.8, 4) is 11.5 Å². The lowest BCUT2D eigenvalue weighted by molar-refractivity contribution is 0.0223. The van der Waals surface area contributed by atoms with Gasteiger partial charge < -0.3 is 24.7 Å². The topological polar surface area (TPSA) is 62.9 Å². The highest BCUT2D eigenvalue weighted by Crippen LogP contribution is 2.32. The van der Waals surface area contributed by atoms with Crippen molar-refractivity contribution in [2.24, 2.45) is 0 Å². The van der Waals surface area contributed by atoms with Crippen LogP contribution in [0.2, 0.25) is 0 Å². The lowest BCUT2D eigenvalue weighted by Gasteiger charge is -2.16. The van der Waals surface area contributed by atoms with E-state index in [2.05, 4.69) is 0 Å².